The summed E-state index contributed by atoms with van der Waals surface area (Å²) in [5.74, 6) is 0. The van der Waals surface area contributed by atoms with Gasteiger partial charge < -0.3 is 10.4 Å². The molecule has 1 aromatic heterocycles. The van der Waals surface area contributed by atoms with E-state index in [-0.39, 0.29) is 0 Å². The molecule has 0 saturated carbocycles. The number of aromatic nitrogens is 2. The predicted octanol–water partition coefficient (Wildman–Crippen LogP) is 1.24. The Kier molecular flexibility index (Phi) is 3.13. The summed E-state index contributed by atoms with van der Waals surface area (Å²) in [5, 5.41) is 17.9. The van der Waals surface area contributed by atoms with Gasteiger partial charge >= 0.3 is 0 Å². The van der Waals surface area contributed by atoms with Crippen molar-refractivity contribution >= 4 is 15.9 Å². The monoisotopic (exact) mass is 273 g/mol. The lowest BCUT2D eigenvalue weighted by Gasteiger charge is -2.23. The number of hydrogen-bond acceptors (Lipinski definition) is 3. The third kappa shape index (κ3) is 1.96. The van der Waals surface area contributed by atoms with Gasteiger partial charge in [0.05, 0.1) is 16.4 Å². The molecule has 0 aromatic carbocycles. The second-order valence-corrected chi connectivity index (χ2v) is 4.88. The SMILES string of the molecule is CCCn1ncc(Br)c1C1(O)CCNC1. The standard InChI is InChI=1S/C10H16BrN3O/c1-2-5-14-9(8(11)6-13-14)10(15)3-4-12-7-10/h6,12,15H,2-5,7H2,1H3. The number of β-amino-alcohol motifs (C(OH)–C–C–N with tert-alkyl or cyclic N) is 1. The van der Waals surface area contributed by atoms with E-state index in [0.29, 0.717) is 6.54 Å². The van der Waals surface area contributed by atoms with Gasteiger partial charge in [-0.15, -0.1) is 0 Å². The molecule has 5 heteroatoms. The molecule has 0 amide bonds. The molecule has 4 nitrogen and oxygen atoms in total. The third-order valence-electron chi connectivity index (χ3n) is 2.80. The minimum Gasteiger partial charge on any atom is -0.382 e. The molecule has 1 atom stereocenters. The second kappa shape index (κ2) is 4.23. The van der Waals surface area contributed by atoms with Crippen molar-refractivity contribution in [3.8, 4) is 0 Å². The Bertz CT molecular complexity index is 344. The lowest BCUT2D eigenvalue weighted by molar-refractivity contribution is 0.0481. The van der Waals surface area contributed by atoms with Crippen LogP contribution in [-0.4, -0.2) is 28.0 Å². The van der Waals surface area contributed by atoms with Crippen molar-refractivity contribution in [2.45, 2.75) is 31.9 Å². The Hall–Kier alpha value is -0.390. The maximum Gasteiger partial charge on any atom is 0.121 e. The Labute approximate surface area is 97.8 Å². The van der Waals surface area contributed by atoms with Crippen LogP contribution in [0.1, 0.15) is 25.5 Å². The largest absolute Gasteiger partial charge is 0.382 e. The van der Waals surface area contributed by atoms with E-state index in [1.54, 1.807) is 6.20 Å². The predicted molar refractivity (Wildman–Crippen MR) is 61.6 cm³/mol. The zero-order valence-electron chi connectivity index (χ0n) is 8.83. The van der Waals surface area contributed by atoms with Crippen molar-refractivity contribution in [3.63, 3.8) is 0 Å². The van der Waals surface area contributed by atoms with Crippen LogP contribution in [-0.2, 0) is 12.1 Å². The first kappa shape index (κ1) is 11.1. The van der Waals surface area contributed by atoms with Gasteiger partial charge in [-0.2, -0.15) is 5.10 Å². The van der Waals surface area contributed by atoms with Crippen LogP contribution in [0, 0.1) is 0 Å². The molecule has 2 N–H and O–H groups in total. The fourth-order valence-corrected chi connectivity index (χ4v) is 2.75. The fraction of sp³-hybridized carbons (Fsp3) is 0.700. The summed E-state index contributed by atoms with van der Waals surface area (Å²) in [4.78, 5) is 0. The summed E-state index contributed by atoms with van der Waals surface area (Å²) >= 11 is 3.46. The molecule has 0 radical (unpaired) electrons. The summed E-state index contributed by atoms with van der Waals surface area (Å²) in [6, 6.07) is 0. The van der Waals surface area contributed by atoms with Crippen LogP contribution in [0.2, 0.25) is 0 Å². The highest BCUT2D eigenvalue weighted by atomic mass is 79.9. The average Bonchev–Trinajstić information content (AvgIpc) is 2.75. The third-order valence-corrected chi connectivity index (χ3v) is 3.38. The van der Waals surface area contributed by atoms with Gasteiger partial charge in [-0.1, -0.05) is 6.92 Å². The zero-order valence-corrected chi connectivity index (χ0v) is 10.4. The van der Waals surface area contributed by atoms with Crippen molar-refractivity contribution in [3.05, 3.63) is 16.4 Å². The molecule has 15 heavy (non-hydrogen) atoms. The van der Waals surface area contributed by atoms with Crippen LogP contribution < -0.4 is 5.32 Å². The number of aliphatic hydroxyl groups is 1. The maximum absolute atomic E-state index is 10.5. The number of halogens is 1. The minimum atomic E-state index is -0.759. The molecule has 1 unspecified atom stereocenters. The first-order valence-electron chi connectivity index (χ1n) is 5.32. The van der Waals surface area contributed by atoms with Crippen molar-refractivity contribution in [2.75, 3.05) is 13.1 Å². The van der Waals surface area contributed by atoms with Crippen LogP contribution in [0.4, 0.5) is 0 Å². The van der Waals surface area contributed by atoms with E-state index in [4.69, 9.17) is 0 Å². The number of rotatable bonds is 3. The molecule has 1 aliphatic rings. The summed E-state index contributed by atoms with van der Waals surface area (Å²) in [7, 11) is 0. The Morgan fingerprint density at radius 2 is 2.53 bits per heavy atom. The number of nitrogens with one attached hydrogen (secondary N) is 1. The van der Waals surface area contributed by atoms with E-state index >= 15 is 0 Å². The average molecular weight is 274 g/mol. The zero-order chi connectivity index (χ0) is 10.9. The summed E-state index contributed by atoms with van der Waals surface area (Å²) in [5.41, 5.74) is 0.152. The topological polar surface area (TPSA) is 50.1 Å². The van der Waals surface area contributed by atoms with Gasteiger partial charge in [-0.25, -0.2) is 0 Å². The van der Waals surface area contributed by atoms with E-state index in [9.17, 15) is 5.11 Å². The first-order chi connectivity index (χ1) is 7.17. The van der Waals surface area contributed by atoms with Crippen molar-refractivity contribution in [1.82, 2.24) is 15.1 Å². The lowest BCUT2D eigenvalue weighted by Crippen LogP contribution is -2.32. The Balaban J connectivity index is 2.36. The molecular weight excluding hydrogens is 258 g/mol. The summed E-state index contributed by atoms with van der Waals surface area (Å²) in [6.07, 6.45) is 3.53. The van der Waals surface area contributed by atoms with Crippen LogP contribution in [0.15, 0.2) is 10.7 Å². The number of nitrogens with zero attached hydrogens (tertiary/aromatic N) is 2. The van der Waals surface area contributed by atoms with Gasteiger partial charge in [0, 0.05) is 13.1 Å². The van der Waals surface area contributed by atoms with Crippen molar-refractivity contribution in [2.24, 2.45) is 0 Å². The molecule has 1 fully saturated rings. The number of hydrogen-bond donors (Lipinski definition) is 2. The molecule has 1 aromatic rings. The first-order valence-corrected chi connectivity index (χ1v) is 6.11. The molecule has 1 saturated heterocycles. The Morgan fingerprint density at radius 3 is 3.13 bits per heavy atom. The number of aryl methyl sites for hydroxylation is 1. The quantitative estimate of drug-likeness (QED) is 0.871. The van der Waals surface area contributed by atoms with Crippen LogP contribution in [0.25, 0.3) is 0 Å². The second-order valence-electron chi connectivity index (χ2n) is 4.02. The minimum absolute atomic E-state index is 0.612. The highest BCUT2D eigenvalue weighted by molar-refractivity contribution is 9.10. The van der Waals surface area contributed by atoms with E-state index in [1.165, 1.54) is 0 Å². The fourth-order valence-electron chi connectivity index (χ4n) is 2.09. The van der Waals surface area contributed by atoms with Gasteiger partial charge in [0.25, 0.3) is 0 Å². The van der Waals surface area contributed by atoms with E-state index in [2.05, 4.69) is 33.3 Å². The molecule has 84 valence electrons. The summed E-state index contributed by atoms with van der Waals surface area (Å²) < 4.78 is 2.80. The van der Waals surface area contributed by atoms with Gasteiger partial charge in [0.1, 0.15) is 5.60 Å². The highest BCUT2D eigenvalue weighted by Gasteiger charge is 2.37. The van der Waals surface area contributed by atoms with Gasteiger partial charge in [-0.05, 0) is 35.3 Å². The van der Waals surface area contributed by atoms with Gasteiger partial charge in [-0.3, -0.25) is 4.68 Å². The van der Waals surface area contributed by atoms with Gasteiger partial charge in [0.2, 0.25) is 0 Å². The van der Waals surface area contributed by atoms with Crippen molar-refractivity contribution < 1.29 is 5.11 Å². The molecule has 0 bridgehead atoms. The molecular formula is C10H16BrN3O. The normalized spacial score (nSPS) is 26.1. The van der Waals surface area contributed by atoms with Crippen molar-refractivity contribution in [1.29, 1.82) is 0 Å². The van der Waals surface area contributed by atoms with E-state index in [0.717, 1.165) is 36.1 Å². The van der Waals surface area contributed by atoms with Crippen LogP contribution >= 0.6 is 15.9 Å². The van der Waals surface area contributed by atoms with Crippen LogP contribution in [0.3, 0.4) is 0 Å². The van der Waals surface area contributed by atoms with E-state index in [1.807, 2.05) is 4.68 Å². The van der Waals surface area contributed by atoms with E-state index < -0.39 is 5.60 Å². The smallest absolute Gasteiger partial charge is 0.121 e. The molecule has 2 heterocycles. The Morgan fingerprint density at radius 1 is 1.73 bits per heavy atom. The highest BCUT2D eigenvalue weighted by Crippen LogP contribution is 2.33. The molecule has 1 aliphatic heterocycles. The molecule has 2 rings (SSSR count). The molecule has 0 aliphatic carbocycles. The summed E-state index contributed by atoms with van der Waals surface area (Å²) in [6.45, 7) is 4.43. The lowest BCUT2D eigenvalue weighted by atomic mass is 9.99. The van der Waals surface area contributed by atoms with Crippen LogP contribution in [0.5, 0.6) is 0 Å². The van der Waals surface area contributed by atoms with Gasteiger partial charge in [0.15, 0.2) is 0 Å². The molecule has 0 spiro atoms. The maximum atomic E-state index is 10.5.